The number of nitrogens with zero attached hydrogens (tertiary/aromatic N) is 1. The smallest absolute Gasteiger partial charge is 0.328 e. The fourth-order valence-corrected chi connectivity index (χ4v) is 4.57. The minimum atomic E-state index is -1.26. The highest BCUT2D eigenvalue weighted by Gasteiger charge is 2.20. The Labute approximate surface area is 206 Å². The predicted molar refractivity (Wildman–Crippen MR) is 139 cm³/mol. The highest BCUT2D eigenvalue weighted by molar-refractivity contribution is 7.99. The van der Waals surface area contributed by atoms with Crippen molar-refractivity contribution < 1.29 is 25.3 Å². The molecule has 1 heterocycles. The number of benzene rings is 2. The summed E-state index contributed by atoms with van der Waals surface area (Å²) in [5, 5.41) is 15.6. The van der Waals surface area contributed by atoms with E-state index in [9.17, 15) is 9.59 Å². The minimum Gasteiger partial charge on any atom is -0.478 e. The summed E-state index contributed by atoms with van der Waals surface area (Å²) in [5.74, 6) is -2.51. The van der Waals surface area contributed by atoms with Gasteiger partial charge in [0.05, 0.1) is 0 Å². The molecule has 0 fully saturated rings. The molecule has 0 unspecified atom stereocenters. The largest absolute Gasteiger partial charge is 0.478 e. The first-order chi connectivity index (χ1) is 15.8. The molecule has 34 heavy (non-hydrogen) atoms. The van der Waals surface area contributed by atoms with Gasteiger partial charge in [-0.25, -0.2) is 9.59 Å². The highest BCUT2D eigenvalue weighted by atomic mass is 32.2. The molecule has 0 saturated heterocycles. The zero-order valence-corrected chi connectivity index (χ0v) is 20.9. The molecule has 0 atom stereocenters. The average molecular weight is 486 g/mol. The molecule has 0 aromatic heterocycles. The number of carbonyl (C=O) groups is 2. The zero-order valence-electron chi connectivity index (χ0n) is 20.1. The molecule has 7 heteroatoms. The van der Waals surface area contributed by atoms with Gasteiger partial charge >= 0.3 is 11.9 Å². The van der Waals surface area contributed by atoms with Crippen LogP contribution in [0.3, 0.4) is 0 Å². The Morgan fingerprint density at radius 3 is 2.21 bits per heavy atom. The van der Waals surface area contributed by atoms with Gasteiger partial charge in [0.1, 0.15) is 0 Å². The van der Waals surface area contributed by atoms with E-state index in [2.05, 4.69) is 74.5 Å². The first-order valence-corrected chi connectivity index (χ1v) is 12.0. The Morgan fingerprint density at radius 2 is 1.59 bits per heavy atom. The molecule has 0 bridgehead atoms. The van der Waals surface area contributed by atoms with Crippen molar-refractivity contribution in [3.63, 3.8) is 0 Å². The third-order valence-corrected chi connectivity index (χ3v) is 6.25. The maximum absolute atomic E-state index is 9.55. The summed E-state index contributed by atoms with van der Waals surface area (Å²) in [4.78, 5) is 24.1. The molecule has 0 aliphatic carbocycles. The molecule has 0 amide bonds. The van der Waals surface area contributed by atoms with Crippen LogP contribution in [0.4, 0.5) is 0 Å². The lowest BCUT2D eigenvalue weighted by atomic mass is 9.93. The van der Waals surface area contributed by atoms with E-state index < -0.39 is 11.9 Å². The van der Waals surface area contributed by atoms with Gasteiger partial charge in [-0.3, -0.25) is 0 Å². The molecule has 0 saturated carbocycles. The van der Waals surface area contributed by atoms with Crippen molar-refractivity contribution in [3.8, 4) is 0 Å². The van der Waals surface area contributed by atoms with Gasteiger partial charge in [-0.15, -0.1) is 0 Å². The first-order valence-electron chi connectivity index (χ1n) is 11.2. The molecule has 2 aromatic carbocycles. The van der Waals surface area contributed by atoms with Crippen LogP contribution in [0.2, 0.25) is 0 Å². The lowest BCUT2D eigenvalue weighted by Crippen LogP contribution is -2.12. The predicted octanol–water partition coefficient (Wildman–Crippen LogP) is 5.15. The van der Waals surface area contributed by atoms with Crippen molar-refractivity contribution in [3.05, 3.63) is 77.4 Å². The van der Waals surface area contributed by atoms with E-state index >= 15 is 0 Å². The third-order valence-electron chi connectivity index (χ3n) is 5.09. The van der Waals surface area contributed by atoms with Crippen LogP contribution in [0.15, 0.2) is 70.5 Å². The molecule has 1 aliphatic heterocycles. The van der Waals surface area contributed by atoms with E-state index in [1.165, 1.54) is 57.7 Å². The maximum atomic E-state index is 9.55. The normalized spacial score (nSPS) is 13.0. The van der Waals surface area contributed by atoms with Crippen molar-refractivity contribution >= 4 is 29.3 Å². The lowest BCUT2D eigenvalue weighted by molar-refractivity contribution is -0.134. The zero-order chi connectivity index (χ0) is 24.2. The van der Waals surface area contributed by atoms with E-state index in [0.29, 0.717) is 12.2 Å². The summed E-state index contributed by atoms with van der Waals surface area (Å²) in [6.45, 7) is 3.36. The van der Waals surface area contributed by atoms with Gasteiger partial charge < -0.3 is 20.6 Å². The summed E-state index contributed by atoms with van der Waals surface area (Å²) in [5.41, 5.74) is 5.72. The molecular weight excluding hydrogens is 450 g/mol. The van der Waals surface area contributed by atoms with Crippen molar-refractivity contribution in [2.75, 3.05) is 20.6 Å². The van der Waals surface area contributed by atoms with Gasteiger partial charge in [0.2, 0.25) is 0 Å². The quantitative estimate of drug-likeness (QED) is 0.320. The average Bonchev–Trinajstić information content (AvgIpc) is 2.78. The van der Waals surface area contributed by atoms with Crippen molar-refractivity contribution in [1.29, 1.82) is 0 Å². The number of aliphatic carboxylic acids is 2. The second-order valence-corrected chi connectivity index (χ2v) is 9.19. The van der Waals surface area contributed by atoms with E-state index in [0.717, 1.165) is 13.0 Å². The Hall–Kier alpha value is -2.87. The number of carboxylic acid groups (broad SMARTS) is 2. The number of rotatable bonds is 9. The summed E-state index contributed by atoms with van der Waals surface area (Å²) in [6, 6.07) is 15.9. The highest BCUT2D eigenvalue weighted by Crippen LogP contribution is 2.45. The van der Waals surface area contributed by atoms with E-state index in [1.807, 2.05) is 11.8 Å². The number of aryl methyl sites for hydroxylation is 1. The molecule has 6 nitrogen and oxygen atoms in total. The summed E-state index contributed by atoms with van der Waals surface area (Å²) in [6.07, 6.45) is 9.72. The van der Waals surface area contributed by atoms with Crippen LogP contribution in [0.5, 0.6) is 0 Å². The Kier molecular flexibility index (Phi) is 13.0. The van der Waals surface area contributed by atoms with Gasteiger partial charge in [-0.2, -0.15) is 0 Å². The minimum absolute atomic E-state index is 0. The standard InChI is InChI=1S/C23H29NS.C4H4O4.H2O/c1-4-5-6-10-18-14-15-23-21(17-18)19(12-9-16-24(2)3)20-11-7-8-13-22(20)25-23;5-3(6)1-2-4(7)8;/h7-8,11-15,17H,4-6,9-10,16H2,1-3H3;1-2H,(H,5,6)(H,7,8);1H2/b19-12+;2-1+;. The number of fused-ring (bicyclic) bond motifs is 2. The summed E-state index contributed by atoms with van der Waals surface area (Å²) < 4.78 is 0. The van der Waals surface area contributed by atoms with Gasteiger partial charge in [0, 0.05) is 28.5 Å². The summed E-state index contributed by atoms with van der Waals surface area (Å²) >= 11 is 1.91. The second-order valence-electron chi connectivity index (χ2n) is 8.11. The maximum Gasteiger partial charge on any atom is 0.328 e. The van der Waals surface area contributed by atoms with Gasteiger partial charge in [-0.1, -0.05) is 67.9 Å². The number of carboxylic acids is 2. The Bertz CT molecular complexity index is 998. The number of hydrogen-bond donors (Lipinski definition) is 2. The van der Waals surface area contributed by atoms with Crippen LogP contribution in [0.1, 0.15) is 49.3 Å². The molecule has 0 spiro atoms. The SMILES string of the molecule is CCCCCc1ccc2c(c1)/C(=C/CCN(C)C)c1ccccc1S2.O.O=C(O)/C=C/C(=O)O. The topological polar surface area (TPSA) is 109 Å². The van der Waals surface area contributed by atoms with Crippen molar-refractivity contribution in [2.24, 2.45) is 0 Å². The number of hydrogen-bond acceptors (Lipinski definition) is 4. The van der Waals surface area contributed by atoms with Crippen molar-refractivity contribution in [1.82, 2.24) is 4.90 Å². The van der Waals surface area contributed by atoms with Crippen LogP contribution >= 0.6 is 11.8 Å². The monoisotopic (exact) mass is 485 g/mol. The molecule has 184 valence electrons. The number of unbranched alkanes of at least 4 members (excludes halogenated alkanes) is 2. The molecule has 2 aromatic rings. The molecule has 3 rings (SSSR count). The van der Waals surface area contributed by atoms with E-state index in [4.69, 9.17) is 10.2 Å². The van der Waals surface area contributed by atoms with Crippen LogP contribution in [0, 0.1) is 0 Å². The molecule has 1 aliphatic rings. The van der Waals surface area contributed by atoms with Crippen molar-refractivity contribution in [2.45, 2.75) is 48.8 Å². The first kappa shape index (κ1) is 29.2. The van der Waals surface area contributed by atoms with E-state index in [-0.39, 0.29) is 5.48 Å². The summed E-state index contributed by atoms with van der Waals surface area (Å²) in [7, 11) is 4.28. The third kappa shape index (κ3) is 9.55. The molecule has 4 N–H and O–H groups in total. The second kappa shape index (κ2) is 15.1. The van der Waals surface area contributed by atoms with Gasteiger partial charge in [-0.05, 0) is 67.8 Å². The van der Waals surface area contributed by atoms with Crippen LogP contribution < -0.4 is 0 Å². The fourth-order valence-electron chi connectivity index (χ4n) is 3.48. The van der Waals surface area contributed by atoms with Crippen LogP contribution in [0.25, 0.3) is 5.57 Å². The van der Waals surface area contributed by atoms with Gasteiger partial charge in [0.15, 0.2) is 0 Å². The lowest BCUT2D eigenvalue weighted by Gasteiger charge is -2.23. The molecule has 0 radical (unpaired) electrons. The van der Waals surface area contributed by atoms with E-state index in [1.54, 1.807) is 0 Å². The molecular formula is C27H35NO5S. The Balaban J connectivity index is 0.000000556. The Morgan fingerprint density at radius 1 is 0.941 bits per heavy atom. The van der Waals surface area contributed by atoms with Gasteiger partial charge in [0.25, 0.3) is 0 Å². The van der Waals surface area contributed by atoms with Crippen LogP contribution in [-0.4, -0.2) is 53.2 Å². The fraction of sp³-hybridized carbons (Fsp3) is 0.333. The van der Waals surface area contributed by atoms with Crippen LogP contribution in [-0.2, 0) is 16.0 Å².